The van der Waals surface area contributed by atoms with Crippen LogP contribution in [0.3, 0.4) is 0 Å². The van der Waals surface area contributed by atoms with Crippen LogP contribution in [0.2, 0.25) is 0 Å². The highest BCUT2D eigenvalue weighted by molar-refractivity contribution is 5.88. The Morgan fingerprint density at radius 3 is 2.00 bits per heavy atom. The van der Waals surface area contributed by atoms with Crippen LogP contribution in [0.15, 0.2) is 18.2 Å². The molecule has 0 aliphatic heterocycles. The third-order valence-corrected chi connectivity index (χ3v) is 2.93. The van der Waals surface area contributed by atoms with Crippen LogP contribution in [0.1, 0.15) is 48.9 Å². The molecule has 1 aliphatic rings. The summed E-state index contributed by atoms with van der Waals surface area (Å²) in [4.78, 5) is 10.4. The Kier molecular flexibility index (Phi) is 6.05. The fourth-order valence-corrected chi connectivity index (χ4v) is 1.87. The van der Waals surface area contributed by atoms with E-state index in [1.54, 1.807) is 0 Å². The van der Waals surface area contributed by atoms with Gasteiger partial charge in [0.15, 0.2) is 11.5 Å². The summed E-state index contributed by atoms with van der Waals surface area (Å²) >= 11 is 0. The van der Waals surface area contributed by atoms with Gasteiger partial charge in [0.25, 0.3) is 0 Å². The maximum absolute atomic E-state index is 10.4. The van der Waals surface area contributed by atoms with Gasteiger partial charge in [-0.1, -0.05) is 38.5 Å². The second-order valence-corrected chi connectivity index (χ2v) is 4.31. The lowest BCUT2D eigenvalue weighted by atomic mass is 10.0. The molecule has 1 aromatic rings. The standard InChI is InChI=1S/C8H8O4.C6H12/c1-12-7-4-5(8(10)11)2-3-6(7)9;1-2-4-6-5-3-1/h2-4,9H,1H3,(H,10,11);1-6H2. The van der Waals surface area contributed by atoms with E-state index < -0.39 is 5.97 Å². The second-order valence-electron chi connectivity index (χ2n) is 4.31. The van der Waals surface area contributed by atoms with Gasteiger partial charge in [0.1, 0.15) is 0 Å². The number of ether oxygens (including phenoxy) is 1. The molecule has 100 valence electrons. The number of aromatic carboxylic acids is 1. The third kappa shape index (κ3) is 4.65. The van der Waals surface area contributed by atoms with Crippen molar-refractivity contribution in [3.05, 3.63) is 23.8 Å². The Hall–Kier alpha value is -1.71. The van der Waals surface area contributed by atoms with Crippen LogP contribution < -0.4 is 4.74 Å². The first-order chi connectivity index (χ1) is 8.65. The minimum Gasteiger partial charge on any atom is -0.504 e. The largest absolute Gasteiger partial charge is 0.504 e. The molecule has 0 bridgehead atoms. The molecular weight excluding hydrogens is 232 g/mol. The lowest BCUT2D eigenvalue weighted by molar-refractivity contribution is 0.0696. The number of carbonyl (C=O) groups is 1. The highest BCUT2D eigenvalue weighted by Crippen LogP contribution is 2.25. The summed E-state index contributed by atoms with van der Waals surface area (Å²) in [7, 11) is 1.36. The van der Waals surface area contributed by atoms with Gasteiger partial charge in [-0.05, 0) is 18.2 Å². The zero-order chi connectivity index (χ0) is 13.4. The average Bonchev–Trinajstić information content (AvgIpc) is 2.41. The van der Waals surface area contributed by atoms with Crippen molar-refractivity contribution in [1.82, 2.24) is 0 Å². The number of phenols is 1. The van der Waals surface area contributed by atoms with Crippen molar-refractivity contribution in [2.45, 2.75) is 38.5 Å². The van der Waals surface area contributed by atoms with Crippen molar-refractivity contribution in [2.75, 3.05) is 7.11 Å². The first-order valence-corrected chi connectivity index (χ1v) is 6.25. The van der Waals surface area contributed by atoms with E-state index in [0.717, 1.165) is 0 Å². The smallest absolute Gasteiger partial charge is 0.335 e. The Labute approximate surface area is 107 Å². The van der Waals surface area contributed by atoms with Crippen molar-refractivity contribution in [1.29, 1.82) is 0 Å². The van der Waals surface area contributed by atoms with Crippen molar-refractivity contribution >= 4 is 5.97 Å². The number of hydrogen-bond acceptors (Lipinski definition) is 3. The Bertz CT molecular complexity index is 372. The number of rotatable bonds is 2. The lowest BCUT2D eigenvalue weighted by Gasteiger charge is -2.05. The molecule has 0 spiro atoms. The topological polar surface area (TPSA) is 66.8 Å². The quantitative estimate of drug-likeness (QED) is 0.846. The molecule has 18 heavy (non-hydrogen) atoms. The van der Waals surface area contributed by atoms with E-state index in [2.05, 4.69) is 0 Å². The predicted molar refractivity (Wildman–Crippen MR) is 69.3 cm³/mol. The van der Waals surface area contributed by atoms with E-state index >= 15 is 0 Å². The predicted octanol–water partition coefficient (Wildman–Crippen LogP) is 3.44. The van der Waals surface area contributed by atoms with Crippen molar-refractivity contribution in [3.63, 3.8) is 0 Å². The molecule has 1 aromatic carbocycles. The summed E-state index contributed by atoms with van der Waals surface area (Å²) < 4.78 is 4.72. The van der Waals surface area contributed by atoms with Crippen LogP contribution in [-0.2, 0) is 0 Å². The van der Waals surface area contributed by atoms with E-state index in [1.807, 2.05) is 0 Å². The van der Waals surface area contributed by atoms with Gasteiger partial charge in [-0.2, -0.15) is 0 Å². The number of hydrogen-bond donors (Lipinski definition) is 2. The first-order valence-electron chi connectivity index (χ1n) is 6.25. The molecule has 1 aliphatic carbocycles. The average molecular weight is 252 g/mol. The molecule has 1 fully saturated rings. The normalized spacial score (nSPS) is 14.3. The van der Waals surface area contributed by atoms with E-state index in [4.69, 9.17) is 14.9 Å². The second kappa shape index (κ2) is 7.58. The van der Waals surface area contributed by atoms with Gasteiger partial charge in [0.05, 0.1) is 12.7 Å². The zero-order valence-corrected chi connectivity index (χ0v) is 10.7. The molecule has 0 unspecified atom stereocenters. The van der Waals surface area contributed by atoms with Gasteiger partial charge in [-0.25, -0.2) is 4.79 Å². The zero-order valence-electron chi connectivity index (χ0n) is 10.7. The molecule has 0 saturated heterocycles. The molecule has 0 atom stereocenters. The maximum atomic E-state index is 10.4. The third-order valence-electron chi connectivity index (χ3n) is 2.93. The Morgan fingerprint density at radius 2 is 1.61 bits per heavy atom. The Morgan fingerprint density at radius 1 is 1.11 bits per heavy atom. The number of carboxylic acid groups (broad SMARTS) is 1. The SMILES string of the molecule is C1CCCCC1.COc1cc(C(=O)O)ccc1O. The maximum Gasteiger partial charge on any atom is 0.335 e. The van der Waals surface area contributed by atoms with Gasteiger partial charge in [-0.15, -0.1) is 0 Å². The van der Waals surface area contributed by atoms with Gasteiger partial charge < -0.3 is 14.9 Å². The van der Waals surface area contributed by atoms with E-state index in [9.17, 15) is 4.79 Å². The number of phenolic OH excluding ortho intramolecular Hbond substituents is 1. The summed E-state index contributed by atoms with van der Waals surface area (Å²) in [6, 6.07) is 3.85. The highest BCUT2D eigenvalue weighted by Gasteiger charge is 2.06. The number of benzene rings is 1. The monoisotopic (exact) mass is 252 g/mol. The molecule has 1 saturated carbocycles. The van der Waals surface area contributed by atoms with Gasteiger partial charge >= 0.3 is 5.97 Å². The summed E-state index contributed by atoms with van der Waals surface area (Å²) in [5, 5.41) is 17.7. The molecular formula is C14H20O4. The summed E-state index contributed by atoms with van der Waals surface area (Å²) in [5.41, 5.74) is 0.0876. The van der Waals surface area contributed by atoms with Gasteiger partial charge in [0, 0.05) is 0 Å². The van der Waals surface area contributed by atoms with Crippen LogP contribution in [0.5, 0.6) is 11.5 Å². The van der Waals surface area contributed by atoms with Crippen molar-refractivity contribution < 1.29 is 19.7 Å². The van der Waals surface area contributed by atoms with Gasteiger partial charge in [-0.3, -0.25) is 0 Å². The van der Waals surface area contributed by atoms with Crippen LogP contribution in [0.25, 0.3) is 0 Å². The molecule has 0 heterocycles. The summed E-state index contributed by atoms with van der Waals surface area (Å²) in [6.45, 7) is 0. The van der Waals surface area contributed by atoms with Gasteiger partial charge in [0.2, 0.25) is 0 Å². The molecule has 4 nitrogen and oxygen atoms in total. The van der Waals surface area contributed by atoms with Crippen LogP contribution in [0.4, 0.5) is 0 Å². The number of aromatic hydroxyl groups is 1. The molecule has 4 heteroatoms. The summed E-state index contributed by atoms with van der Waals surface area (Å²) in [5.74, 6) is -0.953. The lowest BCUT2D eigenvalue weighted by Crippen LogP contribution is -1.96. The molecule has 2 rings (SSSR count). The molecule has 2 N–H and O–H groups in total. The number of carboxylic acids is 1. The van der Waals surface area contributed by atoms with Crippen molar-refractivity contribution in [2.24, 2.45) is 0 Å². The Balaban J connectivity index is 0.000000225. The fourth-order valence-electron chi connectivity index (χ4n) is 1.87. The highest BCUT2D eigenvalue weighted by atomic mass is 16.5. The van der Waals surface area contributed by atoms with E-state index in [1.165, 1.54) is 63.8 Å². The number of methoxy groups -OCH3 is 1. The van der Waals surface area contributed by atoms with E-state index in [-0.39, 0.29) is 17.1 Å². The molecule has 0 radical (unpaired) electrons. The summed E-state index contributed by atoms with van der Waals surface area (Å²) in [6.07, 6.45) is 9.00. The van der Waals surface area contributed by atoms with Crippen LogP contribution in [-0.4, -0.2) is 23.3 Å². The first kappa shape index (κ1) is 14.4. The van der Waals surface area contributed by atoms with E-state index in [0.29, 0.717) is 0 Å². The molecule has 0 amide bonds. The minimum atomic E-state index is -1.05. The minimum absolute atomic E-state index is 0.0671. The fraction of sp³-hybridized carbons (Fsp3) is 0.500. The van der Waals surface area contributed by atoms with Crippen LogP contribution in [0, 0.1) is 0 Å². The molecule has 0 aromatic heterocycles. The van der Waals surface area contributed by atoms with Crippen molar-refractivity contribution in [3.8, 4) is 11.5 Å². The van der Waals surface area contributed by atoms with Crippen LogP contribution >= 0.6 is 0 Å².